The van der Waals surface area contributed by atoms with E-state index in [-0.39, 0.29) is 17.8 Å². The first kappa shape index (κ1) is 19.5. The first-order chi connectivity index (χ1) is 12.8. The number of carbonyl (C=O) groups excluding carboxylic acids is 1. The van der Waals surface area contributed by atoms with Crippen LogP contribution in [-0.2, 0) is 17.8 Å². The van der Waals surface area contributed by atoms with Crippen LogP contribution in [0.1, 0.15) is 41.8 Å². The maximum Gasteiger partial charge on any atom is 0.254 e. The van der Waals surface area contributed by atoms with Gasteiger partial charge < -0.3 is 14.7 Å². The molecule has 1 heterocycles. The minimum Gasteiger partial charge on any atom is -0.390 e. The van der Waals surface area contributed by atoms with E-state index in [1.165, 1.54) is 12.1 Å². The van der Waals surface area contributed by atoms with Crippen LogP contribution in [0.3, 0.4) is 0 Å². The van der Waals surface area contributed by atoms with Crippen molar-refractivity contribution >= 4 is 5.91 Å². The zero-order valence-electron chi connectivity index (χ0n) is 15.8. The average molecular weight is 371 g/mol. The van der Waals surface area contributed by atoms with E-state index in [2.05, 4.69) is 0 Å². The van der Waals surface area contributed by atoms with Crippen LogP contribution in [-0.4, -0.2) is 40.7 Å². The van der Waals surface area contributed by atoms with Gasteiger partial charge in [-0.15, -0.1) is 0 Å². The predicted octanol–water partition coefficient (Wildman–Crippen LogP) is 3.57. The van der Waals surface area contributed by atoms with Crippen LogP contribution in [0, 0.1) is 5.82 Å². The number of amides is 1. The van der Waals surface area contributed by atoms with E-state index < -0.39 is 5.60 Å². The lowest BCUT2D eigenvalue weighted by atomic mass is 9.97. The number of rotatable bonds is 7. The summed E-state index contributed by atoms with van der Waals surface area (Å²) in [5, 5.41) is 9.86. The Balaban J connectivity index is 1.47. The summed E-state index contributed by atoms with van der Waals surface area (Å²) >= 11 is 0. The van der Waals surface area contributed by atoms with Crippen molar-refractivity contribution in [2.75, 3.05) is 13.1 Å². The topological polar surface area (TPSA) is 49.8 Å². The molecule has 1 N–H and O–H groups in total. The molecule has 0 bridgehead atoms. The second-order valence-electron chi connectivity index (χ2n) is 7.78. The van der Waals surface area contributed by atoms with Gasteiger partial charge in [0.25, 0.3) is 5.91 Å². The van der Waals surface area contributed by atoms with Gasteiger partial charge in [-0.3, -0.25) is 4.79 Å². The van der Waals surface area contributed by atoms with Crippen molar-refractivity contribution in [3.05, 3.63) is 71.0 Å². The summed E-state index contributed by atoms with van der Waals surface area (Å²) in [5.74, 6) is -0.259. The molecule has 1 aliphatic heterocycles. The highest BCUT2D eigenvalue weighted by atomic mass is 19.1. The summed E-state index contributed by atoms with van der Waals surface area (Å²) in [7, 11) is 0. The molecule has 144 valence electrons. The normalized spacial score (nSPS) is 14.9. The Kier molecular flexibility index (Phi) is 5.92. The molecule has 1 amide bonds. The predicted molar refractivity (Wildman–Crippen MR) is 102 cm³/mol. The third kappa shape index (κ3) is 5.62. The van der Waals surface area contributed by atoms with Crippen LogP contribution < -0.4 is 0 Å². The maximum atomic E-state index is 12.9. The number of hydrogen-bond acceptors (Lipinski definition) is 3. The van der Waals surface area contributed by atoms with Crippen molar-refractivity contribution in [1.29, 1.82) is 0 Å². The lowest BCUT2D eigenvalue weighted by Crippen LogP contribution is -2.54. The number of nitrogens with zero attached hydrogens (tertiary/aromatic N) is 1. The Morgan fingerprint density at radius 3 is 2.56 bits per heavy atom. The molecule has 4 nitrogen and oxygen atoms in total. The third-order valence-corrected chi connectivity index (χ3v) is 4.73. The van der Waals surface area contributed by atoms with Gasteiger partial charge >= 0.3 is 0 Å². The molecule has 1 fully saturated rings. The summed E-state index contributed by atoms with van der Waals surface area (Å²) in [6.45, 7) is 5.11. The SMILES string of the molecule is CC(C)(O)CCc1cccc(C(=O)N2CC(OCc3ccc(F)cc3)C2)c1. The lowest BCUT2D eigenvalue weighted by Gasteiger charge is -2.39. The smallest absolute Gasteiger partial charge is 0.254 e. The highest BCUT2D eigenvalue weighted by molar-refractivity contribution is 5.95. The molecule has 0 aromatic heterocycles. The first-order valence-corrected chi connectivity index (χ1v) is 9.27. The molecule has 1 aliphatic rings. The van der Waals surface area contributed by atoms with E-state index in [4.69, 9.17) is 4.74 Å². The minimum absolute atomic E-state index is 0.00161. The van der Waals surface area contributed by atoms with Gasteiger partial charge in [-0.1, -0.05) is 24.3 Å². The fraction of sp³-hybridized carbons (Fsp3) is 0.409. The number of benzene rings is 2. The van der Waals surface area contributed by atoms with Crippen LogP contribution in [0.5, 0.6) is 0 Å². The maximum absolute atomic E-state index is 12.9. The van der Waals surface area contributed by atoms with E-state index in [1.807, 2.05) is 24.3 Å². The largest absolute Gasteiger partial charge is 0.390 e. The Hall–Kier alpha value is -2.24. The number of hydrogen-bond donors (Lipinski definition) is 1. The van der Waals surface area contributed by atoms with Crippen molar-refractivity contribution in [2.45, 2.75) is 45.0 Å². The number of ether oxygens (including phenoxy) is 1. The van der Waals surface area contributed by atoms with Crippen LogP contribution >= 0.6 is 0 Å². The molecule has 0 radical (unpaired) electrons. The second-order valence-corrected chi connectivity index (χ2v) is 7.78. The molecule has 1 saturated heterocycles. The number of carbonyl (C=O) groups is 1. The highest BCUT2D eigenvalue weighted by Crippen LogP contribution is 2.20. The fourth-order valence-corrected chi connectivity index (χ4v) is 3.00. The molecule has 0 saturated carbocycles. The number of aliphatic hydroxyl groups is 1. The monoisotopic (exact) mass is 371 g/mol. The van der Waals surface area contributed by atoms with Gasteiger partial charge in [0.2, 0.25) is 0 Å². The number of likely N-dealkylation sites (tertiary alicyclic amines) is 1. The minimum atomic E-state index is -0.716. The molecular formula is C22H26FNO3. The second kappa shape index (κ2) is 8.19. The molecule has 2 aromatic rings. The van der Waals surface area contributed by atoms with Crippen LogP contribution in [0.4, 0.5) is 4.39 Å². The van der Waals surface area contributed by atoms with Gasteiger partial charge in [0.15, 0.2) is 0 Å². The average Bonchev–Trinajstić information content (AvgIpc) is 2.59. The molecule has 3 rings (SSSR count). The van der Waals surface area contributed by atoms with E-state index in [0.717, 1.165) is 17.5 Å². The highest BCUT2D eigenvalue weighted by Gasteiger charge is 2.32. The van der Waals surface area contributed by atoms with E-state index >= 15 is 0 Å². The number of aryl methyl sites for hydroxylation is 1. The van der Waals surface area contributed by atoms with E-state index in [1.54, 1.807) is 30.9 Å². The van der Waals surface area contributed by atoms with Gasteiger partial charge in [-0.05, 0) is 62.1 Å². The van der Waals surface area contributed by atoms with Crippen LogP contribution in [0.15, 0.2) is 48.5 Å². The third-order valence-electron chi connectivity index (χ3n) is 4.73. The van der Waals surface area contributed by atoms with Crippen molar-refractivity contribution in [3.63, 3.8) is 0 Å². The molecule has 0 spiro atoms. The Morgan fingerprint density at radius 2 is 1.89 bits per heavy atom. The summed E-state index contributed by atoms with van der Waals surface area (Å²) in [4.78, 5) is 14.4. The summed E-state index contributed by atoms with van der Waals surface area (Å²) in [5.41, 5.74) is 1.92. The standard InChI is InChI=1S/C22H26FNO3/c1-22(2,26)11-10-16-4-3-5-18(12-16)21(25)24-13-20(14-24)27-15-17-6-8-19(23)9-7-17/h3-9,12,20,26H,10-11,13-15H2,1-2H3. The molecular weight excluding hydrogens is 345 g/mol. The van der Waals surface area contributed by atoms with Gasteiger partial charge in [0.1, 0.15) is 5.82 Å². The van der Waals surface area contributed by atoms with Crippen molar-refractivity contribution in [3.8, 4) is 0 Å². The first-order valence-electron chi connectivity index (χ1n) is 9.27. The molecule has 0 unspecified atom stereocenters. The molecule has 2 aromatic carbocycles. The lowest BCUT2D eigenvalue weighted by molar-refractivity contribution is -0.0503. The van der Waals surface area contributed by atoms with Crippen molar-refractivity contribution in [1.82, 2.24) is 4.90 Å². The van der Waals surface area contributed by atoms with Crippen LogP contribution in [0.25, 0.3) is 0 Å². The van der Waals surface area contributed by atoms with Gasteiger partial charge in [0, 0.05) is 18.7 Å². The number of halogens is 1. The quantitative estimate of drug-likeness (QED) is 0.809. The van der Waals surface area contributed by atoms with E-state index in [0.29, 0.717) is 31.7 Å². The zero-order valence-corrected chi connectivity index (χ0v) is 15.8. The molecule has 5 heteroatoms. The zero-order chi connectivity index (χ0) is 19.4. The van der Waals surface area contributed by atoms with E-state index in [9.17, 15) is 14.3 Å². The van der Waals surface area contributed by atoms with Crippen molar-refractivity contribution < 1.29 is 19.0 Å². The molecule has 0 atom stereocenters. The summed E-state index contributed by atoms with van der Waals surface area (Å²) in [6.07, 6.45) is 1.39. The van der Waals surface area contributed by atoms with Gasteiger partial charge in [-0.25, -0.2) is 4.39 Å². The molecule has 0 aliphatic carbocycles. The van der Waals surface area contributed by atoms with Crippen molar-refractivity contribution in [2.24, 2.45) is 0 Å². The Morgan fingerprint density at radius 1 is 1.19 bits per heavy atom. The summed E-state index contributed by atoms with van der Waals surface area (Å²) < 4.78 is 18.7. The summed E-state index contributed by atoms with van der Waals surface area (Å²) in [6, 6.07) is 13.8. The van der Waals surface area contributed by atoms with Crippen LogP contribution in [0.2, 0.25) is 0 Å². The van der Waals surface area contributed by atoms with Gasteiger partial charge in [-0.2, -0.15) is 0 Å². The fourth-order valence-electron chi connectivity index (χ4n) is 3.00. The Bertz CT molecular complexity index is 777. The molecule has 27 heavy (non-hydrogen) atoms. The Labute approximate surface area is 159 Å². The van der Waals surface area contributed by atoms with Gasteiger partial charge in [0.05, 0.1) is 18.3 Å².